The van der Waals surface area contributed by atoms with Crippen LogP contribution < -0.4 is 0 Å². The number of benzene rings is 1. The molecule has 20 heavy (non-hydrogen) atoms. The molecular formula is C14H22O6. The van der Waals surface area contributed by atoms with Gasteiger partial charge in [-0.2, -0.15) is 0 Å². The molecule has 0 aliphatic rings. The van der Waals surface area contributed by atoms with Crippen molar-refractivity contribution in [1.29, 1.82) is 0 Å². The van der Waals surface area contributed by atoms with Gasteiger partial charge in [0.15, 0.2) is 0 Å². The quantitative estimate of drug-likeness (QED) is 0.467. The molecule has 0 radical (unpaired) electrons. The van der Waals surface area contributed by atoms with Crippen molar-refractivity contribution in [3.05, 3.63) is 35.9 Å². The maximum atomic E-state index is 10.2. The zero-order valence-corrected chi connectivity index (χ0v) is 11.3. The summed E-state index contributed by atoms with van der Waals surface area (Å²) in [5.74, 6) is -0.742. The molecule has 1 aromatic rings. The zero-order valence-electron chi connectivity index (χ0n) is 11.3. The molecule has 0 saturated heterocycles. The van der Waals surface area contributed by atoms with E-state index in [1.807, 2.05) is 30.3 Å². The van der Waals surface area contributed by atoms with Crippen LogP contribution in [0.25, 0.3) is 0 Å². The van der Waals surface area contributed by atoms with E-state index in [0.29, 0.717) is 6.42 Å². The minimum Gasteiger partial charge on any atom is -0.481 e. The molecule has 1 aromatic carbocycles. The molecule has 0 spiro atoms. The number of carbonyl (C=O) groups is 1. The standard InChI is InChI=1S/C9H10O2.C5H12O4/c10-9(11)7-6-8-4-2-1-3-5-8;6-1-5(2-7,3-8)4-9/h1-5H,6-7H2,(H,10,11);6-9H,1-4H2. The molecule has 114 valence electrons. The molecular weight excluding hydrogens is 264 g/mol. The highest BCUT2D eigenvalue weighted by Gasteiger charge is 2.26. The Balaban J connectivity index is 0.000000370. The molecule has 0 heterocycles. The average molecular weight is 286 g/mol. The number of hydrogen-bond acceptors (Lipinski definition) is 5. The Morgan fingerprint density at radius 2 is 1.35 bits per heavy atom. The van der Waals surface area contributed by atoms with Gasteiger partial charge in [0.2, 0.25) is 0 Å². The van der Waals surface area contributed by atoms with E-state index in [2.05, 4.69) is 0 Å². The average Bonchev–Trinajstić information content (AvgIpc) is 2.50. The summed E-state index contributed by atoms with van der Waals surface area (Å²) in [6, 6.07) is 9.62. The van der Waals surface area contributed by atoms with Crippen molar-refractivity contribution in [2.24, 2.45) is 5.41 Å². The highest BCUT2D eigenvalue weighted by atomic mass is 16.4. The second-order valence-corrected chi connectivity index (χ2v) is 4.51. The number of aryl methyl sites for hydroxylation is 1. The van der Waals surface area contributed by atoms with E-state index in [0.717, 1.165) is 5.56 Å². The first kappa shape index (κ1) is 18.5. The van der Waals surface area contributed by atoms with Crippen LogP contribution in [0.2, 0.25) is 0 Å². The minimum atomic E-state index is -1.11. The Morgan fingerprint density at radius 1 is 0.900 bits per heavy atom. The summed E-state index contributed by atoms with van der Waals surface area (Å²) in [4.78, 5) is 10.2. The van der Waals surface area contributed by atoms with Crippen LogP contribution in [0.15, 0.2) is 30.3 Å². The first-order valence-electron chi connectivity index (χ1n) is 6.22. The fourth-order valence-corrected chi connectivity index (χ4v) is 1.20. The van der Waals surface area contributed by atoms with Crippen LogP contribution in [0.1, 0.15) is 12.0 Å². The van der Waals surface area contributed by atoms with Gasteiger partial charge in [0.25, 0.3) is 0 Å². The van der Waals surface area contributed by atoms with E-state index in [-0.39, 0.29) is 6.42 Å². The number of hydrogen-bond donors (Lipinski definition) is 5. The van der Waals surface area contributed by atoms with Gasteiger partial charge in [-0.15, -0.1) is 0 Å². The SMILES string of the molecule is O=C(O)CCc1ccccc1.OCC(CO)(CO)CO. The molecule has 0 fully saturated rings. The van der Waals surface area contributed by atoms with Crippen LogP contribution in [-0.4, -0.2) is 57.9 Å². The van der Waals surface area contributed by atoms with Crippen molar-refractivity contribution in [2.75, 3.05) is 26.4 Å². The summed E-state index contributed by atoms with van der Waals surface area (Å²) in [5.41, 5.74) is -0.0325. The molecule has 0 bridgehead atoms. The smallest absolute Gasteiger partial charge is 0.303 e. The molecule has 1 rings (SSSR count). The lowest BCUT2D eigenvalue weighted by atomic mass is 9.93. The molecule has 0 atom stereocenters. The normalized spacial score (nSPS) is 10.6. The van der Waals surface area contributed by atoms with Crippen LogP contribution in [-0.2, 0) is 11.2 Å². The summed E-state index contributed by atoms with van der Waals surface area (Å²) >= 11 is 0. The Kier molecular flexibility index (Phi) is 9.57. The second-order valence-electron chi connectivity index (χ2n) is 4.51. The Labute approximate surface area is 117 Å². The van der Waals surface area contributed by atoms with Crippen LogP contribution in [0, 0.1) is 5.41 Å². The number of carboxylic acid groups (broad SMARTS) is 1. The molecule has 0 aliphatic heterocycles. The summed E-state index contributed by atoms with van der Waals surface area (Å²) in [6.45, 7) is -1.62. The number of aliphatic hydroxyl groups is 4. The van der Waals surface area contributed by atoms with E-state index < -0.39 is 37.8 Å². The predicted molar refractivity (Wildman–Crippen MR) is 73.2 cm³/mol. The second kappa shape index (κ2) is 10.3. The maximum Gasteiger partial charge on any atom is 0.303 e. The summed E-state index contributed by atoms with van der Waals surface area (Å²) in [6.07, 6.45) is 0.834. The lowest BCUT2D eigenvalue weighted by Crippen LogP contribution is -2.37. The van der Waals surface area contributed by atoms with E-state index in [1.54, 1.807) is 0 Å². The molecule has 0 saturated carbocycles. The molecule has 6 heteroatoms. The highest BCUT2D eigenvalue weighted by Crippen LogP contribution is 2.11. The van der Waals surface area contributed by atoms with E-state index in [9.17, 15) is 4.79 Å². The fourth-order valence-electron chi connectivity index (χ4n) is 1.20. The van der Waals surface area contributed by atoms with Crippen LogP contribution >= 0.6 is 0 Å². The summed E-state index contributed by atoms with van der Waals surface area (Å²) in [5, 5.41) is 42.4. The van der Waals surface area contributed by atoms with E-state index in [4.69, 9.17) is 25.5 Å². The Bertz CT molecular complexity index is 344. The van der Waals surface area contributed by atoms with Crippen LogP contribution in [0.3, 0.4) is 0 Å². The van der Waals surface area contributed by atoms with Crippen molar-refractivity contribution in [1.82, 2.24) is 0 Å². The van der Waals surface area contributed by atoms with Crippen LogP contribution in [0.4, 0.5) is 0 Å². The van der Waals surface area contributed by atoms with Crippen molar-refractivity contribution in [2.45, 2.75) is 12.8 Å². The third kappa shape index (κ3) is 7.20. The number of aliphatic carboxylic acids is 1. The summed E-state index contributed by atoms with van der Waals surface area (Å²) < 4.78 is 0. The van der Waals surface area contributed by atoms with Crippen molar-refractivity contribution >= 4 is 5.97 Å². The minimum absolute atomic E-state index is 0.212. The van der Waals surface area contributed by atoms with E-state index in [1.165, 1.54) is 0 Å². The third-order valence-corrected chi connectivity index (χ3v) is 2.81. The number of carboxylic acids is 1. The number of aliphatic hydroxyl groups excluding tert-OH is 4. The number of rotatable bonds is 7. The first-order valence-corrected chi connectivity index (χ1v) is 6.22. The molecule has 0 unspecified atom stereocenters. The maximum absolute atomic E-state index is 10.2. The van der Waals surface area contributed by atoms with Gasteiger partial charge >= 0.3 is 5.97 Å². The topological polar surface area (TPSA) is 118 Å². The lowest BCUT2D eigenvalue weighted by Gasteiger charge is -2.23. The van der Waals surface area contributed by atoms with Gasteiger partial charge in [0.05, 0.1) is 31.8 Å². The fraction of sp³-hybridized carbons (Fsp3) is 0.500. The Morgan fingerprint density at radius 3 is 1.65 bits per heavy atom. The van der Waals surface area contributed by atoms with Gasteiger partial charge in [-0.05, 0) is 12.0 Å². The third-order valence-electron chi connectivity index (χ3n) is 2.81. The molecule has 0 amide bonds. The van der Waals surface area contributed by atoms with Gasteiger partial charge in [-0.1, -0.05) is 30.3 Å². The van der Waals surface area contributed by atoms with Gasteiger partial charge in [-0.3, -0.25) is 4.79 Å². The van der Waals surface area contributed by atoms with Crippen LogP contribution in [0.5, 0.6) is 0 Å². The van der Waals surface area contributed by atoms with Crippen molar-refractivity contribution in [3.8, 4) is 0 Å². The predicted octanol–water partition coefficient (Wildman–Crippen LogP) is -0.354. The molecule has 5 N–H and O–H groups in total. The van der Waals surface area contributed by atoms with Crippen molar-refractivity contribution in [3.63, 3.8) is 0 Å². The largest absolute Gasteiger partial charge is 0.481 e. The van der Waals surface area contributed by atoms with Gasteiger partial charge in [0, 0.05) is 6.42 Å². The van der Waals surface area contributed by atoms with Gasteiger partial charge < -0.3 is 25.5 Å². The molecule has 6 nitrogen and oxygen atoms in total. The summed E-state index contributed by atoms with van der Waals surface area (Å²) in [7, 11) is 0. The molecule has 0 aliphatic carbocycles. The molecule has 0 aromatic heterocycles. The van der Waals surface area contributed by atoms with Gasteiger partial charge in [0.1, 0.15) is 0 Å². The lowest BCUT2D eigenvalue weighted by molar-refractivity contribution is -0.136. The van der Waals surface area contributed by atoms with Gasteiger partial charge in [-0.25, -0.2) is 0 Å². The monoisotopic (exact) mass is 286 g/mol. The zero-order chi connectivity index (χ0) is 15.4. The first-order chi connectivity index (χ1) is 9.53. The highest BCUT2D eigenvalue weighted by molar-refractivity contribution is 5.67. The van der Waals surface area contributed by atoms with Crippen molar-refractivity contribution < 1.29 is 30.3 Å². The Hall–Kier alpha value is -1.47. The van der Waals surface area contributed by atoms with E-state index >= 15 is 0 Å².